The van der Waals surface area contributed by atoms with E-state index in [4.69, 9.17) is 17.0 Å². The molecule has 7 heteroatoms. The fraction of sp³-hybridized carbons (Fsp3) is 0.545. The van der Waals surface area contributed by atoms with Crippen molar-refractivity contribution in [3.63, 3.8) is 0 Å². The third-order valence-electron chi connectivity index (χ3n) is 5.85. The zero-order valence-corrected chi connectivity index (χ0v) is 18.1. The van der Waals surface area contributed by atoms with Crippen molar-refractivity contribution < 1.29 is 4.74 Å². The molecule has 2 saturated heterocycles. The van der Waals surface area contributed by atoms with Crippen molar-refractivity contribution in [1.82, 2.24) is 24.7 Å². The standard InChI is InChI=1S/C22H31N5OS/c1-17(2)26-11-5-8-19(26)21-20(18-7-3-4-9-23-18)24-22(29)27(21)12-6-10-25-13-15-28-16-14-25/h3-5,7-9,11,17,20-21H,6,10,12-16H2,1-2H3,(H,24,29)/t20-,21-/m1/s1. The van der Waals surface area contributed by atoms with Crippen LogP contribution in [0.4, 0.5) is 0 Å². The van der Waals surface area contributed by atoms with Crippen molar-refractivity contribution in [2.45, 2.75) is 38.4 Å². The molecule has 0 unspecified atom stereocenters. The van der Waals surface area contributed by atoms with Gasteiger partial charge in [0.1, 0.15) is 0 Å². The Kier molecular flexibility index (Phi) is 6.47. The second-order valence-electron chi connectivity index (χ2n) is 8.06. The van der Waals surface area contributed by atoms with Gasteiger partial charge in [0.25, 0.3) is 0 Å². The Hall–Kier alpha value is -1.96. The molecule has 0 amide bonds. The number of morpholine rings is 1. The summed E-state index contributed by atoms with van der Waals surface area (Å²) in [6.07, 6.45) is 5.11. The van der Waals surface area contributed by atoms with Crippen LogP contribution in [0.1, 0.15) is 49.8 Å². The average Bonchev–Trinajstić information content (AvgIpc) is 3.34. The lowest BCUT2D eigenvalue weighted by Gasteiger charge is -2.31. The number of nitrogens with zero attached hydrogens (tertiary/aromatic N) is 4. The summed E-state index contributed by atoms with van der Waals surface area (Å²) in [5.74, 6) is 0. The Balaban J connectivity index is 1.56. The Morgan fingerprint density at radius 3 is 2.72 bits per heavy atom. The van der Waals surface area contributed by atoms with E-state index < -0.39 is 0 Å². The van der Waals surface area contributed by atoms with Gasteiger partial charge in [0.2, 0.25) is 0 Å². The lowest BCUT2D eigenvalue weighted by atomic mass is 10.0. The van der Waals surface area contributed by atoms with Crippen LogP contribution in [0.15, 0.2) is 42.7 Å². The number of pyridine rings is 1. The van der Waals surface area contributed by atoms with E-state index in [9.17, 15) is 0 Å². The highest BCUT2D eigenvalue weighted by atomic mass is 32.1. The zero-order chi connectivity index (χ0) is 20.2. The van der Waals surface area contributed by atoms with Crippen LogP contribution in [0.25, 0.3) is 0 Å². The molecule has 2 fully saturated rings. The summed E-state index contributed by atoms with van der Waals surface area (Å²) in [6, 6.07) is 11.1. The van der Waals surface area contributed by atoms with Crippen molar-refractivity contribution in [3.05, 3.63) is 54.1 Å². The van der Waals surface area contributed by atoms with Gasteiger partial charge in [-0.25, -0.2) is 0 Å². The van der Waals surface area contributed by atoms with Gasteiger partial charge in [0.05, 0.1) is 31.0 Å². The lowest BCUT2D eigenvalue weighted by molar-refractivity contribution is 0.0365. The van der Waals surface area contributed by atoms with E-state index >= 15 is 0 Å². The van der Waals surface area contributed by atoms with Crippen LogP contribution >= 0.6 is 12.2 Å². The van der Waals surface area contributed by atoms with E-state index in [0.29, 0.717) is 6.04 Å². The average molecular weight is 414 g/mol. The second-order valence-corrected chi connectivity index (χ2v) is 8.45. The molecular weight excluding hydrogens is 382 g/mol. The van der Waals surface area contributed by atoms with Crippen LogP contribution in [0, 0.1) is 0 Å². The molecule has 4 heterocycles. The molecule has 2 aliphatic heterocycles. The monoisotopic (exact) mass is 413 g/mol. The fourth-order valence-corrected chi connectivity index (χ4v) is 4.72. The molecule has 0 radical (unpaired) electrons. The van der Waals surface area contributed by atoms with Crippen LogP contribution in [-0.2, 0) is 4.74 Å². The van der Waals surface area contributed by atoms with Gasteiger partial charge in [-0.2, -0.15) is 0 Å². The summed E-state index contributed by atoms with van der Waals surface area (Å²) >= 11 is 5.79. The molecule has 29 heavy (non-hydrogen) atoms. The van der Waals surface area contributed by atoms with Gasteiger partial charge < -0.3 is 19.5 Å². The molecule has 1 N–H and O–H groups in total. The van der Waals surface area contributed by atoms with E-state index in [1.807, 2.05) is 18.3 Å². The van der Waals surface area contributed by atoms with Crippen molar-refractivity contribution in [2.24, 2.45) is 0 Å². The smallest absolute Gasteiger partial charge is 0.170 e. The van der Waals surface area contributed by atoms with Crippen LogP contribution in [-0.4, -0.2) is 63.9 Å². The molecule has 6 nitrogen and oxygen atoms in total. The van der Waals surface area contributed by atoms with Crippen LogP contribution in [0.5, 0.6) is 0 Å². The molecule has 156 valence electrons. The summed E-state index contributed by atoms with van der Waals surface area (Å²) < 4.78 is 7.82. The third kappa shape index (κ3) is 4.47. The van der Waals surface area contributed by atoms with E-state index in [2.05, 4.69) is 62.9 Å². The van der Waals surface area contributed by atoms with E-state index in [0.717, 1.165) is 56.6 Å². The molecule has 0 bridgehead atoms. The van der Waals surface area contributed by atoms with Crippen LogP contribution in [0.3, 0.4) is 0 Å². The molecule has 2 atom stereocenters. The highest BCUT2D eigenvalue weighted by Crippen LogP contribution is 2.39. The largest absolute Gasteiger partial charge is 0.379 e. The van der Waals surface area contributed by atoms with Crippen LogP contribution < -0.4 is 5.32 Å². The minimum absolute atomic E-state index is 0.0551. The Morgan fingerprint density at radius 2 is 2.00 bits per heavy atom. The predicted molar refractivity (Wildman–Crippen MR) is 119 cm³/mol. The maximum absolute atomic E-state index is 5.79. The molecule has 2 aromatic heterocycles. The third-order valence-corrected chi connectivity index (χ3v) is 6.20. The van der Waals surface area contributed by atoms with Gasteiger partial charge in [0.15, 0.2) is 5.11 Å². The Morgan fingerprint density at radius 1 is 1.17 bits per heavy atom. The summed E-state index contributed by atoms with van der Waals surface area (Å²) in [5, 5.41) is 4.38. The number of ether oxygens (including phenoxy) is 1. The number of hydrogen-bond acceptors (Lipinski definition) is 4. The lowest BCUT2D eigenvalue weighted by Crippen LogP contribution is -2.39. The number of rotatable bonds is 7. The van der Waals surface area contributed by atoms with Gasteiger partial charge in [-0.05, 0) is 56.8 Å². The molecule has 2 aliphatic rings. The zero-order valence-electron chi connectivity index (χ0n) is 17.3. The predicted octanol–water partition coefficient (Wildman–Crippen LogP) is 3.16. The maximum atomic E-state index is 5.79. The molecule has 0 aromatic carbocycles. The van der Waals surface area contributed by atoms with E-state index in [1.54, 1.807) is 0 Å². The van der Waals surface area contributed by atoms with Gasteiger partial charge in [-0.1, -0.05) is 6.07 Å². The molecule has 0 saturated carbocycles. The van der Waals surface area contributed by atoms with E-state index in [1.165, 1.54) is 5.69 Å². The highest BCUT2D eigenvalue weighted by Gasteiger charge is 2.41. The van der Waals surface area contributed by atoms with Crippen molar-refractivity contribution >= 4 is 17.3 Å². The minimum atomic E-state index is 0.0551. The topological polar surface area (TPSA) is 45.6 Å². The van der Waals surface area contributed by atoms with Crippen LogP contribution in [0.2, 0.25) is 0 Å². The second kappa shape index (κ2) is 9.24. The number of thiocarbonyl (C=S) groups is 1. The fourth-order valence-electron chi connectivity index (χ4n) is 4.39. The van der Waals surface area contributed by atoms with Gasteiger partial charge >= 0.3 is 0 Å². The molecular formula is C22H31N5OS. The van der Waals surface area contributed by atoms with Gasteiger partial charge in [-0.15, -0.1) is 0 Å². The van der Waals surface area contributed by atoms with Gasteiger partial charge in [0, 0.05) is 50.3 Å². The molecule has 0 spiro atoms. The Bertz CT molecular complexity index is 803. The van der Waals surface area contributed by atoms with Crippen molar-refractivity contribution in [1.29, 1.82) is 0 Å². The first-order chi connectivity index (χ1) is 14.1. The molecule has 4 rings (SSSR count). The molecule has 0 aliphatic carbocycles. The summed E-state index contributed by atoms with van der Waals surface area (Å²) in [6.45, 7) is 10.2. The first kappa shape index (κ1) is 20.3. The first-order valence-corrected chi connectivity index (χ1v) is 11.0. The molecule has 2 aromatic rings. The SMILES string of the molecule is CC(C)n1cccc1[C@@H]1[C@@H](c2ccccn2)NC(=S)N1CCCN1CCOCC1. The van der Waals surface area contributed by atoms with Gasteiger partial charge in [-0.3, -0.25) is 9.88 Å². The Labute approximate surface area is 178 Å². The highest BCUT2D eigenvalue weighted by molar-refractivity contribution is 7.80. The van der Waals surface area contributed by atoms with Crippen molar-refractivity contribution in [3.8, 4) is 0 Å². The van der Waals surface area contributed by atoms with E-state index in [-0.39, 0.29) is 12.1 Å². The maximum Gasteiger partial charge on any atom is 0.170 e. The summed E-state index contributed by atoms with van der Waals surface area (Å²) in [7, 11) is 0. The summed E-state index contributed by atoms with van der Waals surface area (Å²) in [5.41, 5.74) is 2.32. The number of nitrogens with one attached hydrogen (secondary N) is 1. The number of hydrogen-bond donors (Lipinski definition) is 1. The minimum Gasteiger partial charge on any atom is -0.379 e. The summed E-state index contributed by atoms with van der Waals surface area (Å²) in [4.78, 5) is 9.49. The quantitative estimate of drug-likeness (QED) is 0.704. The first-order valence-electron chi connectivity index (χ1n) is 10.6. The number of aromatic nitrogens is 2. The van der Waals surface area contributed by atoms with Crippen molar-refractivity contribution in [2.75, 3.05) is 39.4 Å². The normalized spacial score (nSPS) is 23.0.